The Morgan fingerprint density at radius 2 is 2.10 bits per heavy atom. The number of benzene rings is 1. The molecule has 1 aliphatic heterocycles. The van der Waals surface area contributed by atoms with Crippen LogP contribution in [-0.2, 0) is 0 Å². The summed E-state index contributed by atoms with van der Waals surface area (Å²) in [5.74, 6) is 0.422. The highest BCUT2D eigenvalue weighted by Gasteiger charge is 2.24. The molecule has 1 aliphatic rings. The van der Waals surface area contributed by atoms with E-state index in [0.717, 1.165) is 25.9 Å². The Hall–Kier alpha value is -2.17. The SMILES string of the molecule is C[C@@H]1CCCN(C(=O)c2n[nH]c(=O)c3ccccc23)C1. The van der Waals surface area contributed by atoms with Crippen LogP contribution in [0.15, 0.2) is 29.1 Å². The van der Waals surface area contributed by atoms with E-state index in [1.165, 1.54) is 0 Å². The van der Waals surface area contributed by atoms with Crippen LogP contribution in [-0.4, -0.2) is 34.1 Å². The number of fused-ring (bicyclic) bond motifs is 1. The van der Waals surface area contributed by atoms with Crippen molar-refractivity contribution in [2.45, 2.75) is 19.8 Å². The van der Waals surface area contributed by atoms with E-state index in [1.54, 1.807) is 18.2 Å². The van der Waals surface area contributed by atoms with Gasteiger partial charge < -0.3 is 4.90 Å². The van der Waals surface area contributed by atoms with Gasteiger partial charge in [0.15, 0.2) is 5.69 Å². The van der Waals surface area contributed by atoms with Crippen LogP contribution in [0.4, 0.5) is 0 Å². The molecule has 0 bridgehead atoms. The van der Waals surface area contributed by atoms with Crippen molar-refractivity contribution in [2.24, 2.45) is 5.92 Å². The number of hydrogen-bond donors (Lipinski definition) is 1. The fourth-order valence-corrected chi connectivity index (χ4v) is 2.80. The average Bonchev–Trinajstić information content (AvgIpc) is 2.47. The van der Waals surface area contributed by atoms with Gasteiger partial charge in [-0.15, -0.1) is 0 Å². The molecule has 1 fully saturated rings. The first-order chi connectivity index (χ1) is 9.66. The van der Waals surface area contributed by atoms with Crippen LogP contribution >= 0.6 is 0 Å². The molecule has 2 aromatic rings. The fourth-order valence-electron chi connectivity index (χ4n) is 2.80. The summed E-state index contributed by atoms with van der Waals surface area (Å²) in [5, 5.41) is 7.53. The molecule has 1 amide bonds. The molecule has 2 heterocycles. The predicted molar refractivity (Wildman–Crippen MR) is 76.7 cm³/mol. The van der Waals surface area contributed by atoms with E-state index in [1.807, 2.05) is 11.0 Å². The van der Waals surface area contributed by atoms with E-state index in [4.69, 9.17) is 0 Å². The lowest BCUT2D eigenvalue weighted by atomic mass is 9.99. The van der Waals surface area contributed by atoms with Crippen LogP contribution in [0.2, 0.25) is 0 Å². The zero-order chi connectivity index (χ0) is 14.1. The number of aromatic nitrogens is 2. The topological polar surface area (TPSA) is 66.1 Å². The highest BCUT2D eigenvalue weighted by molar-refractivity contribution is 6.04. The first kappa shape index (κ1) is 12.8. The maximum Gasteiger partial charge on any atom is 0.274 e. The minimum atomic E-state index is -0.260. The zero-order valence-corrected chi connectivity index (χ0v) is 11.4. The Labute approximate surface area is 116 Å². The number of nitrogens with one attached hydrogen (secondary N) is 1. The second-order valence-electron chi connectivity index (χ2n) is 5.45. The molecule has 5 nitrogen and oxygen atoms in total. The monoisotopic (exact) mass is 271 g/mol. The lowest BCUT2D eigenvalue weighted by molar-refractivity contribution is 0.0678. The standard InChI is InChI=1S/C15H17N3O2/c1-10-5-4-8-18(9-10)15(20)13-11-6-2-3-7-12(11)14(19)17-16-13/h2-3,6-7,10H,4-5,8-9H2,1H3,(H,17,19)/t10-/m1/s1. The quantitative estimate of drug-likeness (QED) is 0.860. The summed E-state index contributed by atoms with van der Waals surface area (Å²) in [5.41, 5.74) is 0.0819. The number of carbonyl (C=O) groups is 1. The van der Waals surface area contributed by atoms with Crippen molar-refractivity contribution in [1.29, 1.82) is 0 Å². The minimum Gasteiger partial charge on any atom is -0.337 e. The van der Waals surface area contributed by atoms with Crippen LogP contribution < -0.4 is 5.56 Å². The molecule has 0 saturated carbocycles. The summed E-state index contributed by atoms with van der Waals surface area (Å²) in [6.07, 6.45) is 2.18. The van der Waals surface area contributed by atoms with Gasteiger partial charge in [0.25, 0.3) is 11.5 Å². The summed E-state index contributed by atoms with van der Waals surface area (Å²) in [6.45, 7) is 3.67. The highest BCUT2D eigenvalue weighted by Crippen LogP contribution is 2.20. The van der Waals surface area contributed by atoms with Gasteiger partial charge in [-0.1, -0.05) is 25.1 Å². The van der Waals surface area contributed by atoms with E-state index in [-0.39, 0.29) is 11.5 Å². The van der Waals surface area contributed by atoms with Crippen molar-refractivity contribution in [3.05, 3.63) is 40.3 Å². The van der Waals surface area contributed by atoms with Crippen molar-refractivity contribution in [1.82, 2.24) is 15.1 Å². The molecule has 0 radical (unpaired) electrons. The number of likely N-dealkylation sites (tertiary alicyclic amines) is 1. The van der Waals surface area contributed by atoms with Gasteiger partial charge in [0.05, 0.1) is 5.39 Å². The van der Waals surface area contributed by atoms with Gasteiger partial charge in [-0.3, -0.25) is 9.59 Å². The van der Waals surface area contributed by atoms with Crippen molar-refractivity contribution < 1.29 is 4.79 Å². The summed E-state index contributed by atoms with van der Waals surface area (Å²) in [7, 11) is 0. The van der Waals surface area contributed by atoms with Gasteiger partial charge in [-0.25, -0.2) is 5.10 Å². The van der Waals surface area contributed by atoms with Gasteiger partial charge in [-0.2, -0.15) is 5.10 Å². The van der Waals surface area contributed by atoms with Crippen molar-refractivity contribution >= 4 is 16.7 Å². The first-order valence-electron chi connectivity index (χ1n) is 6.93. The fraction of sp³-hybridized carbons (Fsp3) is 0.400. The third-order valence-electron chi connectivity index (χ3n) is 3.84. The number of nitrogens with zero attached hydrogens (tertiary/aromatic N) is 2. The van der Waals surface area contributed by atoms with Crippen LogP contribution in [0.3, 0.4) is 0 Å². The number of H-pyrrole nitrogens is 1. The highest BCUT2D eigenvalue weighted by atomic mass is 16.2. The van der Waals surface area contributed by atoms with E-state index in [9.17, 15) is 9.59 Å². The van der Waals surface area contributed by atoms with Crippen molar-refractivity contribution in [3.8, 4) is 0 Å². The van der Waals surface area contributed by atoms with Gasteiger partial charge >= 0.3 is 0 Å². The molecule has 1 aromatic carbocycles. The Kier molecular flexibility index (Phi) is 3.26. The number of rotatable bonds is 1. The number of carbonyl (C=O) groups excluding carboxylic acids is 1. The molecular formula is C15H17N3O2. The second-order valence-corrected chi connectivity index (χ2v) is 5.45. The van der Waals surface area contributed by atoms with Gasteiger partial charge in [0.1, 0.15) is 0 Å². The molecule has 1 atom stereocenters. The Morgan fingerprint density at radius 1 is 1.35 bits per heavy atom. The summed E-state index contributed by atoms with van der Waals surface area (Å²) in [6, 6.07) is 7.09. The third kappa shape index (κ3) is 2.19. The molecule has 1 N–H and O–H groups in total. The average molecular weight is 271 g/mol. The smallest absolute Gasteiger partial charge is 0.274 e. The molecule has 1 saturated heterocycles. The first-order valence-corrected chi connectivity index (χ1v) is 6.93. The zero-order valence-electron chi connectivity index (χ0n) is 11.4. The van der Waals surface area contributed by atoms with Gasteiger partial charge in [0.2, 0.25) is 0 Å². The molecule has 1 aromatic heterocycles. The van der Waals surface area contributed by atoms with Gasteiger partial charge in [-0.05, 0) is 24.8 Å². The second kappa shape index (κ2) is 5.07. The van der Waals surface area contributed by atoms with E-state index >= 15 is 0 Å². The van der Waals surface area contributed by atoms with E-state index in [2.05, 4.69) is 17.1 Å². The normalized spacial score (nSPS) is 19.2. The molecule has 3 rings (SSSR count). The maximum atomic E-state index is 12.6. The largest absolute Gasteiger partial charge is 0.337 e. The molecular weight excluding hydrogens is 254 g/mol. The van der Waals surface area contributed by atoms with Crippen molar-refractivity contribution in [3.63, 3.8) is 0 Å². The van der Waals surface area contributed by atoms with Gasteiger partial charge in [0, 0.05) is 18.5 Å². The van der Waals surface area contributed by atoms with Crippen molar-refractivity contribution in [2.75, 3.05) is 13.1 Å². The molecule has 104 valence electrons. The Bertz CT molecular complexity index is 708. The summed E-state index contributed by atoms with van der Waals surface area (Å²) in [4.78, 5) is 26.2. The number of aromatic amines is 1. The lowest BCUT2D eigenvalue weighted by Crippen LogP contribution is -2.39. The van der Waals surface area contributed by atoms with Crippen LogP contribution in [0, 0.1) is 5.92 Å². The summed E-state index contributed by atoms with van der Waals surface area (Å²) >= 11 is 0. The Balaban J connectivity index is 2.04. The van der Waals surface area contributed by atoms with E-state index < -0.39 is 0 Å². The van der Waals surface area contributed by atoms with Crippen LogP contribution in [0.1, 0.15) is 30.3 Å². The van der Waals surface area contributed by atoms with Crippen LogP contribution in [0.25, 0.3) is 10.8 Å². The molecule has 0 aliphatic carbocycles. The molecule has 0 spiro atoms. The Morgan fingerprint density at radius 3 is 2.85 bits per heavy atom. The molecule has 5 heteroatoms. The summed E-state index contributed by atoms with van der Waals surface area (Å²) < 4.78 is 0. The molecule has 0 unspecified atom stereocenters. The third-order valence-corrected chi connectivity index (χ3v) is 3.84. The number of amides is 1. The number of piperidine rings is 1. The minimum absolute atomic E-state index is 0.0935. The maximum absolute atomic E-state index is 12.6. The van der Waals surface area contributed by atoms with Crippen LogP contribution in [0.5, 0.6) is 0 Å². The molecule has 20 heavy (non-hydrogen) atoms. The number of hydrogen-bond acceptors (Lipinski definition) is 3. The predicted octanol–water partition coefficient (Wildman–Crippen LogP) is 1.80. The van der Waals surface area contributed by atoms with E-state index in [0.29, 0.717) is 22.4 Å². The lowest BCUT2D eigenvalue weighted by Gasteiger charge is -2.30.